The molecular weight excluding hydrogens is 409 g/mol. The van der Waals surface area contributed by atoms with E-state index in [1.807, 2.05) is 55.5 Å². The molecule has 0 unspecified atom stereocenters. The SMILES string of the molecule is Cc1ccc2nc(N(Cc3ccccc3)C(=O)c3cccc(C(F)(F)F)c3)sc2c1. The molecule has 3 aromatic carbocycles. The van der Waals surface area contributed by atoms with E-state index in [2.05, 4.69) is 4.98 Å². The maximum Gasteiger partial charge on any atom is 0.416 e. The van der Waals surface area contributed by atoms with Gasteiger partial charge in [-0.1, -0.05) is 53.8 Å². The van der Waals surface area contributed by atoms with Gasteiger partial charge in [-0.25, -0.2) is 4.98 Å². The summed E-state index contributed by atoms with van der Waals surface area (Å²) in [7, 11) is 0. The summed E-state index contributed by atoms with van der Waals surface area (Å²) in [4.78, 5) is 19.3. The number of carbonyl (C=O) groups is 1. The average Bonchev–Trinajstić information content (AvgIpc) is 3.14. The van der Waals surface area contributed by atoms with Crippen LogP contribution in [0.5, 0.6) is 0 Å². The molecule has 1 heterocycles. The van der Waals surface area contributed by atoms with Crippen LogP contribution < -0.4 is 4.90 Å². The number of hydrogen-bond acceptors (Lipinski definition) is 3. The normalized spacial score (nSPS) is 11.6. The third-order valence-electron chi connectivity index (χ3n) is 4.63. The van der Waals surface area contributed by atoms with Gasteiger partial charge in [0.05, 0.1) is 22.3 Å². The molecule has 0 bridgehead atoms. The minimum atomic E-state index is -4.52. The third kappa shape index (κ3) is 4.21. The number of thiazole rings is 1. The Morgan fingerprint density at radius 1 is 1.00 bits per heavy atom. The van der Waals surface area contributed by atoms with Gasteiger partial charge < -0.3 is 0 Å². The Kier molecular flexibility index (Phi) is 5.30. The molecule has 1 amide bonds. The van der Waals surface area contributed by atoms with Gasteiger partial charge in [-0.15, -0.1) is 0 Å². The van der Waals surface area contributed by atoms with Crippen LogP contribution in [0.15, 0.2) is 72.8 Å². The van der Waals surface area contributed by atoms with E-state index in [0.29, 0.717) is 5.13 Å². The molecule has 1 aromatic heterocycles. The number of fused-ring (bicyclic) bond motifs is 1. The van der Waals surface area contributed by atoms with Crippen LogP contribution in [0.25, 0.3) is 10.2 Å². The number of hydrogen-bond donors (Lipinski definition) is 0. The predicted octanol–water partition coefficient (Wildman–Crippen LogP) is 6.47. The molecule has 0 saturated carbocycles. The van der Waals surface area contributed by atoms with Crippen LogP contribution in [0, 0.1) is 6.92 Å². The van der Waals surface area contributed by atoms with Crippen molar-refractivity contribution in [1.82, 2.24) is 4.98 Å². The van der Waals surface area contributed by atoms with Crippen LogP contribution in [0.2, 0.25) is 0 Å². The maximum atomic E-state index is 13.3. The molecule has 0 aliphatic rings. The lowest BCUT2D eigenvalue weighted by Crippen LogP contribution is -2.30. The molecule has 4 rings (SSSR count). The van der Waals surface area contributed by atoms with Gasteiger partial charge in [0, 0.05) is 5.56 Å². The van der Waals surface area contributed by atoms with Crippen molar-refractivity contribution < 1.29 is 18.0 Å². The summed E-state index contributed by atoms with van der Waals surface area (Å²) in [6.45, 7) is 2.17. The zero-order valence-electron chi connectivity index (χ0n) is 16.0. The summed E-state index contributed by atoms with van der Waals surface area (Å²) in [5.41, 5.74) is 1.78. The molecule has 0 saturated heterocycles. The second-order valence-corrected chi connectivity index (χ2v) is 7.93. The number of aromatic nitrogens is 1. The van der Waals surface area contributed by atoms with Crippen molar-refractivity contribution in [2.75, 3.05) is 4.90 Å². The molecule has 0 radical (unpaired) electrons. The van der Waals surface area contributed by atoms with Crippen molar-refractivity contribution in [3.63, 3.8) is 0 Å². The van der Waals surface area contributed by atoms with Crippen molar-refractivity contribution in [2.24, 2.45) is 0 Å². The Morgan fingerprint density at radius 3 is 2.50 bits per heavy atom. The van der Waals surface area contributed by atoms with E-state index in [0.717, 1.165) is 33.5 Å². The number of carbonyl (C=O) groups excluding carboxylic acids is 1. The van der Waals surface area contributed by atoms with Crippen LogP contribution in [0.4, 0.5) is 18.3 Å². The molecule has 0 spiro atoms. The zero-order valence-corrected chi connectivity index (χ0v) is 16.8. The Bertz CT molecular complexity index is 1200. The van der Waals surface area contributed by atoms with Gasteiger partial charge in [-0.3, -0.25) is 9.69 Å². The number of alkyl halides is 3. The van der Waals surface area contributed by atoms with E-state index in [4.69, 9.17) is 0 Å². The fourth-order valence-corrected chi connectivity index (χ4v) is 4.17. The van der Waals surface area contributed by atoms with E-state index in [-0.39, 0.29) is 12.1 Å². The van der Waals surface area contributed by atoms with Gasteiger partial charge in [0.25, 0.3) is 5.91 Å². The first-order valence-electron chi connectivity index (χ1n) is 9.21. The average molecular weight is 426 g/mol. The van der Waals surface area contributed by atoms with Crippen LogP contribution in [0.1, 0.15) is 27.0 Å². The van der Waals surface area contributed by atoms with Crippen LogP contribution in [0.3, 0.4) is 0 Å². The summed E-state index contributed by atoms with van der Waals surface area (Å²) in [5.74, 6) is -0.527. The predicted molar refractivity (Wildman–Crippen MR) is 113 cm³/mol. The highest BCUT2D eigenvalue weighted by Gasteiger charge is 2.32. The van der Waals surface area contributed by atoms with Gasteiger partial charge in [0.1, 0.15) is 0 Å². The first kappa shape index (κ1) is 20.1. The molecule has 30 heavy (non-hydrogen) atoms. The standard InChI is InChI=1S/C23H17F3N2OS/c1-15-10-11-19-20(12-15)30-22(27-19)28(14-16-6-3-2-4-7-16)21(29)17-8-5-9-18(13-17)23(24,25)26/h2-13H,14H2,1H3. The second-order valence-electron chi connectivity index (χ2n) is 6.92. The number of aryl methyl sites for hydroxylation is 1. The molecule has 0 atom stereocenters. The highest BCUT2D eigenvalue weighted by atomic mass is 32.1. The van der Waals surface area contributed by atoms with Gasteiger partial charge in [0.2, 0.25) is 0 Å². The molecular formula is C23H17F3N2OS. The molecule has 3 nitrogen and oxygen atoms in total. The molecule has 0 aliphatic carbocycles. The van der Waals surface area contributed by atoms with E-state index in [9.17, 15) is 18.0 Å². The molecule has 0 aliphatic heterocycles. The van der Waals surface area contributed by atoms with E-state index in [1.165, 1.54) is 28.4 Å². The lowest BCUT2D eigenvalue weighted by Gasteiger charge is -2.20. The van der Waals surface area contributed by atoms with Crippen molar-refractivity contribution in [1.29, 1.82) is 0 Å². The molecule has 7 heteroatoms. The number of amides is 1. The Morgan fingerprint density at radius 2 is 1.77 bits per heavy atom. The lowest BCUT2D eigenvalue weighted by atomic mass is 10.1. The molecule has 152 valence electrons. The van der Waals surface area contributed by atoms with Crippen molar-refractivity contribution in [2.45, 2.75) is 19.6 Å². The Balaban J connectivity index is 1.77. The first-order valence-corrected chi connectivity index (χ1v) is 10.0. The molecule has 4 aromatic rings. The summed E-state index contributed by atoms with van der Waals surface area (Å²) in [6, 6.07) is 19.6. The summed E-state index contributed by atoms with van der Waals surface area (Å²) in [6.07, 6.45) is -4.52. The summed E-state index contributed by atoms with van der Waals surface area (Å²) >= 11 is 1.34. The van der Waals surface area contributed by atoms with Crippen LogP contribution in [-0.2, 0) is 12.7 Å². The highest BCUT2D eigenvalue weighted by molar-refractivity contribution is 7.22. The zero-order chi connectivity index (χ0) is 21.3. The van der Waals surface area contributed by atoms with Crippen LogP contribution >= 0.6 is 11.3 Å². The van der Waals surface area contributed by atoms with Gasteiger partial charge in [0.15, 0.2) is 5.13 Å². The monoisotopic (exact) mass is 426 g/mol. The number of halogens is 3. The Hall–Kier alpha value is -3.19. The smallest absolute Gasteiger partial charge is 0.279 e. The van der Waals surface area contributed by atoms with Gasteiger partial charge in [-0.2, -0.15) is 13.2 Å². The van der Waals surface area contributed by atoms with E-state index < -0.39 is 17.6 Å². The fourth-order valence-electron chi connectivity index (χ4n) is 3.11. The first-order chi connectivity index (χ1) is 14.3. The minimum absolute atomic E-state index is 0.0313. The molecule has 0 fully saturated rings. The summed E-state index contributed by atoms with van der Waals surface area (Å²) in [5, 5.41) is 0.446. The fraction of sp³-hybridized carbons (Fsp3) is 0.130. The number of benzene rings is 3. The second kappa shape index (κ2) is 7.91. The third-order valence-corrected chi connectivity index (χ3v) is 5.67. The van der Waals surface area contributed by atoms with Gasteiger partial charge >= 0.3 is 6.18 Å². The van der Waals surface area contributed by atoms with Crippen molar-refractivity contribution in [3.05, 3.63) is 95.1 Å². The van der Waals surface area contributed by atoms with E-state index in [1.54, 1.807) is 0 Å². The maximum absolute atomic E-state index is 13.3. The number of anilines is 1. The topological polar surface area (TPSA) is 33.2 Å². The van der Waals surface area contributed by atoms with Gasteiger partial charge in [-0.05, 0) is 48.4 Å². The largest absolute Gasteiger partial charge is 0.416 e. The summed E-state index contributed by atoms with van der Waals surface area (Å²) < 4.78 is 40.3. The number of rotatable bonds is 4. The highest BCUT2D eigenvalue weighted by Crippen LogP contribution is 2.33. The quantitative estimate of drug-likeness (QED) is 0.375. The van der Waals surface area contributed by atoms with Crippen molar-refractivity contribution >= 4 is 32.6 Å². The molecule has 0 N–H and O–H groups in total. The van der Waals surface area contributed by atoms with Crippen molar-refractivity contribution in [3.8, 4) is 0 Å². The lowest BCUT2D eigenvalue weighted by molar-refractivity contribution is -0.137. The number of nitrogens with zero attached hydrogens (tertiary/aromatic N) is 2. The van der Waals surface area contributed by atoms with Crippen LogP contribution in [-0.4, -0.2) is 10.9 Å². The van der Waals surface area contributed by atoms with E-state index >= 15 is 0 Å². The minimum Gasteiger partial charge on any atom is -0.279 e. The Labute approximate surface area is 175 Å².